The van der Waals surface area contributed by atoms with Crippen molar-refractivity contribution in [3.63, 3.8) is 0 Å². The molecule has 2 heterocycles. The number of morpholine rings is 1. The smallest absolute Gasteiger partial charge is 0.264 e. The van der Waals surface area contributed by atoms with Crippen LogP contribution in [0.4, 0.5) is 11.5 Å². The van der Waals surface area contributed by atoms with Gasteiger partial charge in [0.05, 0.1) is 30.9 Å². The van der Waals surface area contributed by atoms with E-state index < -0.39 is 10.0 Å². The Hall–Kier alpha value is -3.63. The summed E-state index contributed by atoms with van der Waals surface area (Å²) in [6.07, 6.45) is 1.72. The molecule has 1 N–H and O–H groups in total. The van der Waals surface area contributed by atoms with E-state index in [4.69, 9.17) is 9.47 Å². The number of sulfonamides is 1. The van der Waals surface area contributed by atoms with Gasteiger partial charge in [0.15, 0.2) is 0 Å². The number of pyridine rings is 1. The predicted octanol–water partition coefficient (Wildman–Crippen LogP) is 2.68. The largest absolute Gasteiger partial charge is 0.497 e. The zero-order valence-electron chi connectivity index (χ0n) is 19.7. The standard InChI is InChI=1S/C25H28N4O5S/c1-28(21-6-8-22(33-2)9-7-21)35(31,32)23-5-3-4-20(17-23)25(30)27-18-19-10-11-26-24(16-19)29-12-14-34-15-13-29/h3-11,16-17H,12-15,18H2,1-2H3,(H,27,30). The van der Waals surface area contributed by atoms with Gasteiger partial charge in [-0.1, -0.05) is 6.07 Å². The lowest BCUT2D eigenvalue weighted by atomic mass is 10.2. The molecule has 184 valence electrons. The van der Waals surface area contributed by atoms with Crippen LogP contribution in [0, 0.1) is 0 Å². The number of aromatic nitrogens is 1. The highest BCUT2D eigenvalue weighted by molar-refractivity contribution is 7.92. The Morgan fingerprint density at radius 3 is 2.57 bits per heavy atom. The number of ether oxygens (including phenoxy) is 2. The number of rotatable bonds is 8. The molecule has 35 heavy (non-hydrogen) atoms. The second-order valence-electron chi connectivity index (χ2n) is 8.00. The van der Waals surface area contributed by atoms with Crippen molar-refractivity contribution >= 4 is 27.4 Å². The second kappa shape index (κ2) is 10.7. The number of nitrogens with one attached hydrogen (secondary N) is 1. The molecule has 0 bridgehead atoms. The molecule has 0 atom stereocenters. The molecule has 1 aliphatic rings. The van der Waals surface area contributed by atoms with E-state index in [1.165, 1.54) is 23.5 Å². The van der Waals surface area contributed by atoms with Gasteiger partial charge in [0.25, 0.3) is 15.9 Å². The Bertz CT molecular complexity index is 1280. The van der Waals surface area contributed by atoms with E-state index in [1.807, 2.05) is 12.1 Å². The monoisotopic (exact) mass is 496 g/mol. The normalized spacial score (nSPS) is 13.8. The molecular formula is C25H28N4O5S. The first-order valence-electron chi connectivity index (χ1n) is 11.2. The summed E-state index contributed by atoms with van der Waals surface area (Å²) in [5, 5.41) is 2.87. The van der Waals surface area contributed by atoms with Crippen LogP contribution in [0.2, 0.25) is 0 Å². The summed E-state index contributed by atoms with van der Waals surface area (Å²) >= 11 is 0. The Morgan fingerprint density at radius 2 is 1.86 bits per heavy atom. The van der Waals surface area contributed by atoms with Crippen LogP contribution in [0.1, 0.15) is 15.9 Å². The molecule has 2 aromatic carbocycles. The third-order valence-electron chi connectivity index (χ3n) is 5.79. The number of hydrogen-bond donors (Lipinski definition) is 1. The number of hydrogen-bond acceptors (Lipinski definition) is 7. The number of carbonyl (C=O) groups excluding carboxylic acids is 1. The lowest BCUT2D eigenvalue weighted by Crippen LogP contribution is -2.36. The molecule has 0 radical (unpaired) electrons. The highest BCUT2D eigenvalue weighted by Gasteiger charge is 2.22. The summed E-state index contributed by atoms with van der Waals surface area (Å²) in [4.78, 5) is 19.4. The van der Waals surface area contributed by atoms with Crippen molar-refractivity contribution in [2.75, 3.05) is 49.7 Å². The quantitative estimate of drug-likeness (QED) is 0.512. The fourth-order valence-corrected chi connectivity index (χ4v) is 4.95. The average Bonchev–Trinajstić information content (AvgIpc) is 2.92. The molecule has 10 heteroatoms. The van der Waals surface area contributed by atoms with Crippen molar-refractivity contribution in [2.24, 2.45) is 0 Å². The zero-order chi connectivity index (χ0) is 24.8. The van der Waals surface area contributed by atoms with E-state index in [9.17, 15) is 13.2 Å². The second-order valence-corrected chi connectivity index (χ2v) is 9.97. The summed E-state index contributed by atoms with van der Waals surface area (Å²) in [7, 11) is -0.847. The molecule has 1 aromatic heterocycles. The third-order valence-corrected chi connectivity index (χ3v) is 7.57. The fourth-order valence-electron chi connectivity index (χ4n) is 3.71. The minimum atomic E-state index is -3.86. The molecule has 1 saturated heterocycles. The first-order valence-corrected chi connectivity index (χ1v) is 12.6. The first kappa shape index (κ1) is 24.5. The van der Waals surface area contributed by atoms with Gasteiger partial charge in [-0.2, -0.15) is 0 Å². The van der Waals surface area contributed by atoms with E-state index in [0.717, 1.165) is 24.5 Å². The van der Waals surface area contributed by atoms with Crippen LogP contribution in [-0.2, 0) is 21.3 Å². The van der Waals surface area contributed by atoms with Crippen molar-refractivity contribution in [1.82, 2.24) is 10.3 Å². The highest BCUT2D eigenvalue weighted by Crippen LogP contribution is 2.25. The van der Waals surface area contributed by atoms with Crippen LogP contribution in [-0.4, -0.2) is 59.8 Å². The number of methoxy groups -OCH3 is 1. The van der Waals surface area contributed by atoms with Gasteiger partial charge < -0.3 is 19.7 Å². The van der Waals surface area contributed by atoms with Crippen LogP contribution >= 0.6 is 0 Å². The van der Waals surface area contributed by atoms with Crippen LogP contribution in [0.5, 0.6) is 5.75 Å². The average molecular weight is 497 g/mol. The maximum absolute atomic E-state index is 13.2. The van der Waals surface area contributed by atoms with Gasteiger partial charge in [-0.05, 0) is 60.2 Å². The summed E-state index contributed by atoms with van der Waals surface area (Å²) in [5.41, 5.74) is 1.64. The van der Waals surface area contributed by atoms with Crippen molar-refractivity contribution in [3.8, 4) is 5.75 Å². The van der Waals surface area contributed by atoms with Crippen molar-refractivity contribution in [3.05, 3.63) is 78.0 Å². The van der Waals surface area contributed by atoms with Gasteiger partial charge in [-0.3, -0.25) is 9.10 Å². The number of nitrogens with zero attached hydrogens (tertiary/aromatic N) is 3. The Morgan fingerprint density at radius 1 is 1.11 bits per heavy atom. The minimum Gasteiger partial charge on any atom is -0.497 e. The number of benzene rings is 2. The summed E-state index contributed by atoms with van der Waals surface area (Å²) in [6.45, 7) is 3.16. The molecule has 0 aliphatic carbocycles. The van der Waals surface area contributed by atoms with Gasteiger partial charge in [-0.15, -0.1) is 0 Å². The maximum Gasteiger partial charge on any atom is 0.264 e. The molecule has 3 aromatic rings. The lowest BCUT2D eigenvalue weighted by Gasteiger charge is -2.28. The molecule has 0 unspecified atom stereocenters. The number of carbonyl (C=O) groups is 1. The third kappa shape index (κ3) is 5.72. The van der Waals surface area contributed by atoms with E-state index in [0.29, 0.717) is 31.2 Å². The lowest BCUT2D eigenvalue weighted by molar-refractivity contribution is 0.0950. The summed E-state index contributed by atoms with van der Waals surface area (Å²) in [5.74, 6) is 1.11. The summed E-state index contributed by atoms with van der Waals surface area (Å²) < 4.78 is 38.0. The molecule has 1 aliphatic heterocycles. The van der Waals surface area contributed by atoms with E-state index in [-0.39, 0.29) is 16.4 Å². The zero-order valence-corrected chi connectivity index (χ0v) is 20.5. The van der Waals surface area contributed by atoms with Gasteiger partial charge in [0.1, 0.15) is 11.6 Å². The Labute approximate surface area is 205 Å². The van der Waals surface area contributed by atoms with Gasteiger partial charge in [0, 0.05) is 38.4 Å². The Kier molecular flexibility index (Phi) is 7.52. The van der Waals surface area contributed by atoms with Crippen LogP contribution in [0.15, 0.2) is 71.8 Å². The molecule has 4 rings (SSSR count). The molecular weight excluding hydrogens is 468 g/mol. The van der Waals surface area contributed by atoms with E-state index >= 15 is 0 Å². The predicted molar refractivity (Wildman–Crippen MR) is 133 cm³/mol. The molecule has 1 fully saturated rings. The molecule has 0 saturated carbocycles. The van der Waals surface area contributed by atoms with Gasteiger partial charge in [-0.25, -0.2) is 13.4 Å². The fraction of sp³-hybridized carbons (Fsp3) is 0.280. The maximum atomic E-state index is 13.2. The SMILES string of the molecule is COc1ccc(N(C)S(=O)(=O)c2cccc(C(=O)NCc3ccnc(N4CCOCC4)c3)c2)cc1. The van der Waals surface area contributed by atoms with Crippen molar-refractivity contribution in [1.29, 1.82) is 0 Å². The molecule has 1 amide bonds. The Balaban J connectivity index is 1.45. The topological polar surface area (TPSA) is 101 Å². The minimum absolute atomic E-state index is 0.0296. The highest BCUT2D eigenvalue weighted by atomic mass is 32.2. The van der Waals surface area contributed by atoms with Crippen LogP contribution in [0.25, 0.3) is 0 Å². The first-order chi connectivity index (χ1) is 16.9. The van der Waals surface area contributed by atoms with Crippen LogP contribution < -0.4 is 19.3 Å². The molecule has 0 spiro atoms. The van der Waals surface area contributed by atoms with Gasteiger partial charge in [0.2, 0.25) is 0 Å². The van der Waals surface area contributed by atoms with Crippen molar-refractivity contribution < 1.29 is 22.7 Å². The van der Waals surface area contributed by atoms with E-state index in [2.05, 4.69) is 15.2 Å². The molecule has 9 nitrogen and oxygen atoms in total. The number of anilines is 2. The van der Waals surface area contributed by atoms with Crippen LogP contribution in [0.3, 0.4) is 0 Å². The number of amides is 1. The van der Waals surface area contributed by atoms with Crippen molar-refractivity contribution in [2.45, 2.75) is 11.4 Å². The van der Waals surface area contributed by atoms with E-state index in [1.54, 1.807) is 49.7 Å². The van der Waals surface area contributed by atoms with Gasteiger partial charge >= 0.3 is 0 Å². The summed E-state index contributed by atoms with van der Waals surface area (Å²) in [6, 6.07) is 16.5.